The Bertz CT molecular complexity index is 403. The quantitative estimate of drug-likeness (QED) is 0.706. The molecular weight excluding hydrogens is 192 g/mol. The molecule has 3 atom stereocenters. The van der Waals surface area contributed by atoms with Crippen molar-refractivity contribution in [1.82, 2.24) is 0 Å². The summed E-state index contributed by atoms with van der Waals surface area (Å²) < 4.78 is 16.0. The minimum absolute atomic E-state index is 0.308. The highest BCUT2D eigenvalue weighted by molar-refractivity contribution is 5.39. The van der Waals surface area contributed by atoms with Gasteiger partial charge in [0.25, 0.3) is 0 Å². The second-order valence-corrected chi connectivity index (χ2v) is 4.35. The molecule has 0 amide bonds. The molecule has 0 aromatic heterocycles. The Kier molecular flexibility index (Phi) is 1.55. The second-order valence-electron chi connectivity index (χ2n) is 4.35. The van der Waals surface area contributed by atoms with E-state index in [9.17, 15) is 0 Å². The molecule has 0 radical (unpaired) electrons. The van der Waals surface area contributed by atoms with E-state index >= 15 is 0 Å². The molecular formula is C12H12O3. The van der Waals surface area contributed by atoms with Crippen molar-refractivity contribution in [3.8, 4) is 0 Å². The maximum atomic E-state index is 5.37. The largest absolute Gasteiger partial charge is 0.368 e. The van der Waals surface area contributed by atoms with E-state index in [2.05, 4.69) is 18.2 Å². The molecule has 78 valence electrons. The average molecular weight is 204 g/mol. The zero-order valence-corrected chi connectivity index (χ0v) is 8.31. The number of benzene rings is 1. The number of hydrogen-bond donors (Lipinski definition) is 0. The summed E-state index contributed by atoms with van der Waals surface area (Å²) >= 11 is 0. The molecule has 15 heavy (non-hydrogen) atoms. The van der Waals surface area contributed by atoms with E-state index in [-0.39, 0.29) is 0 Å². The lowest BCUT2D eigenvalue weighted by atomic mass is 9.98. The van der Waals surface area contributed by atoms with Crippen molar-refractivity contribution >= 4 is 0 Å². The molecule has 0 N–H and O–H groups in total. The van der Waals surface area contributed by atoms with Crippen molar-refractivity contribution in [3.63, 3.8) is 0 Å². The maximum Gasteiger partial charge on any atom is 0.106 e. The van der Waals surface area contributed by atoms with Crippen molar-refractivity contribution in [2.24, 2.45) is 0 Å². The first-order valence-electron chi connectivity index (χ1n) is 5.40. The van der Waals surface area contributed by atoms with Crippen LogP contribution >= 0.6 is 0 Å². The Balaban J connectivity index is 1.76. The van der Waals surface area contributed by atoms with Gasteiger partial charge in [-0.2, -0.15) is 0 Å². The van der Waals surface area contributed by atoms with Crippen LogP contribution in [0.1, 0.15) is 35.0 Å². The van der Waals surface area contributed by atoms with Crippen LogP contribution in [0.2, 0.25) is 0 Å². The number of epoxide rings is 3. The Labute approximate surface area is 87.9 Å². The number of hydrogen-bond acceptors (Lipinski definition) is 3. The van der Waals surface area contributed by atoms with Crippen LogP contribution in [0.5, 0.6) is 0 Å². The predicted molar refractivity (Wildman–Crippen MR) is 52.5 cm³/mol. The number of rotatable bonds is 3. The smallest absolute Gasteiger partial charge is 0.106 e. The van der Waals surface area contributed by atoms with Crippen LogP contribution < -0.4 is 0 Å². The lowest BCUT2D eigenvalue weighted by molar-refractivity contribution is 0.397. The Morgan fingerprint density at radius 3 is 2.00 bits per heavy atom. The molecule has 1 aromatic carbocycles. The summed E-state index contributed by atoms with van der Waals surface area (Å²) in [5, 5.41) is 0. The molecule has 0 bridgehead atoms. The highest BCUT2D eigenvalue weighted by Crippen LogP contribution is 2.42. The molecule has 3 heterocycles. The van der Waals surface area contributed by atoms with Gasteiger partial charge in [0.05, 0.1) is 19.8 Å². The Hall–Kier alpha value is -0.900. The van der Waals surface area contributed by atoms with Crippen molar-refractivity contribution in [2.75, 3.05) is 19.8 Å². The van der Waals surface area contributed by atoms with Gasteiger partial charge >= 0.3 is 0 Å². The van der Waals surface area contributed by atoms with E-state index in [1.54, 1.807) is 0 Å². The van der Waals surface area contributed by atoms with E-state index in [4.69, 9.17) is 14.2 Å². The van der Waals surface area contributed by atoms with E-state index in [1.807, 2.05) is 0 Å². The van der Waals surface area contributed by atoms with Gasteiger partial charge in [-0.25, -0.2) is 0 Å². The summed E-state index contributed by atoms with van der Waals surface area (Å²) in [6, 6.07) is 6.55. The first-order valence-corrected chi connectivity index (χ1v) is 5.40. The summed E-state index contributed by atoms with van der Waals surface area (Å²) in [7, 11) is 0. The third kappa shape index (κ3) is 1.47. The van der Waals surface area contributed by atoms with Gasteiger partial charge in [-0.1, -0.05) is 18.2 Å². The standard InChI is InChI=1S/C12H12O3/c1-2-8(11-5-14-11)9(12-6-15-12)3-7(1)10-4-13-10/h1-3,10-12H,4-6H2. The SMILES string of the molecule is c1cc(C2CO2)c(C2CO2)cc1C1CO1. The van der Waals surface area contributed by atoms with Crippen LogP contribution in [0.15, 0.2) is 18.2 Å². The molecule has 3 aliphatic rings. The fraction of sp³-hybridized carbons (Fsp3) is 0.500. The van der Waals surface area contributed by atoms with E-state index < -0.39 is 0 Å². The lowest BCUT2D eigenvalue weighted by Crippen LogP contribution is -1.94. The molecule has 0 spiro atoms. The van der Waals surface area contributed by atoms with Gasteiger partial charge in [-0.05, 0) is 16.7 Å². The summed E-state index contributed by atoms with van der Waals surface area (Å²) in [6.07, 6.45) is 0.956. The Morgan fingerprint density at radius 2 is 1.40 bits per heavy atom. The summed E-state index contributed by atoms with van der Waals surface area (Å²) in [6.45, 7) is 2.58. The van der Waals surface area contributed by atoms with Gasteiger partial charge in [0, 0.05) is 0 Å². The summed E-state index contributed by atoms with van der Waals surface area (Å²) in [5.41, 5.74) is 3.90. The molecule has 3 nitrogen and oxygen atoms in total. The average Bonchev–Trinajstić information content (AvgIpc) is 3.19. The fourth-order valence-electron chi connectivity index (χ4n) is 2.06. The van der Waals surface area contributed by atoms with Gasteiger partial charge in [0.2, 0.25) is 0 Å². The van der Waals surface area contributed by atoms with Gasteiger partial charge in [-0.15, -0.1) is 0 Å². The summed E-state index contributed by atoms with van der Waals surface area (Å²) in [5.74, 6) is 0. The van der Waals surface area contributed by atoms with Crippen molar-refractivity contribution in [2.45, 2.75) is 18.3 Å². The van der Waals surface area contributed by atoms with Crippen LogP contribution in [-0.4, -0.2) is 19.8 Å². The van der Waals surface area contributed by atoms with E-state index in [0.29, 0.717) is 18.3 Å². The van der Waals surface area contributed by atoms with Crippen LogP contribution in [0.4, 0.5) is 0 Å². The second kappa shape index (κ2) is 2.82. The zero-order valence-electron chi connectivity index (χ0n) is 8.31. The van der Waals surface area contributed by atoms with Crippen LogP contribution in [0.25, 0.3) is 0 Å². The van der Waals surface area contributed by atoms with Crippen LogP contribution in [-0.2, 0) is 14.2 Å². The lowest BCUT2D eigenvalue weighted by Gasteiger charge is -2.06. The molecule has 0 aliphatic carbocycles. The third-order valence-electron chi connectivity index (χ3n) is 3.18. The van der Waals surface area contributed by atoms with Crippen molar-refractivity contribution in [3.05, 3.63) is 34.9 Å². The molecule has 1 aromatic rings. The fourth-order valence-corrected chi connectivity index (χ4v) is 2.06. The van der Waals surface area contributed by atoms with Gasteiger partial charge in [0.15, 0.2) is 0 Å². The minimum Gasteiger partial charge on any atom is -0.368 e. The molecule has 3 saturated heterocycles. The molecule has 0 saturated carbocycles. The monoisotopic (exact) mass is 204 g/mol. The predicted octanol–water partition coefficient (Wildman–Crippen LogP) is 1.90. The molecule has 3 aliphatic heterocycles. The normalized spacial score (nSPS) is 36.4. The topological polar surface area (TPSA) is 37.6 Å². The zero-order chi connectivity index (χ0) is 9.83. The molecule has 3 unspecified atom stereocenters. The van der Waals surface area contributed by atoms with Crippen molar-refractivity contribution < 1.29 is 14.2 Å². The summed E-state index contributed by atoms with van der Waals surface area (Å²) in [4.78, 5) is 0. The molecule has 3 heteroatoms. The van der Waals surface area contributed by atoms with Crippen LogP contribution in [0, 0.1) is 0 Å². The van der Waals surface area contributed by atoms with Gasteiger partial charge in [0.1, 0.15) is 18.3 Å². The maximum absolute atomic E-state index is 5.37. The highest BCUT2D eigenvalue weighted by atomic mass is 16.6. The van der Waals surface area contributed by atoms with Crippen LogP contribution in [0.3, 0.4) is 0 Å². The first-order chi connectivity index (χ1) is 7.42. The first kappa shape index (κ1) is 8.28. The van der Waals surface area contributed by atoms with Crippen molar-refractivity contribution in [1.29, 1.82) is 0 Å². The molecule has 3 fully saturated rings. The van der Waals surface area contributed by atoms with E-state index in [0.717, 1.165) is 19.8 Å². The number of ether oxygens (including phenoxy) is 3. The highest BCUT2D eigenvalue weighted by Gasteiger charge is 2.36. The van der Waals surface area contributed by atoms with Gasteiger partial charge in [-0.3, -0.25) is 0 Å². The Morgan fingerprint density at radius 1 is 0.800 bits per heavy atom. The molecule has 4 rings (SSSR count). The van der Waals surface area contributed by atoms with Gasteiger partial charge < -0.3 is 14.2 Å². The minimum atomic E-state index is 0.308. The van der Waals surface area contributed by atoms with E-state index in [1.165, 1.54) is 16.7 Å². The third-order valence-corrected chi connectivity index (χ3v) is 3.18.